The van der Waals surface area contributed by atoms with E-state index >= 15 is 0 Å². The Morgan fingerprint density at radius 3 is 0.723 bits per heavy atom. The summed E-state index contributed by atoms with van der Waals surface area (Å²) in [5.74, 6) is -0.876. The molecular weight excluding hydrogens is 1020 g/mol. The van der Waals surface area contributed by atoms with Crippen molar-refractivity contribution in [1.29, 1.82) is 0 Å². The van der Waals surface area contributed by atoms with Crippen LogP contribution in [0.2, 0.25) is 0 Å². The van der Waals surface area contributed by atoms with Gasteiger partial charge in [-0.15, -0.1) is 0 Å². The molecule has 83 heavy (non-hydrogen) atoms. The summed E-state index contributed by atoms with van der Waals surface area (Å²) in [6.45, 7) is 6.62. The highest BCUT2D eigenvalue weighted by Gasteiger charge is 2.19. The van der Waals surface area contributed by atoms with Crippen molar-refractivity contribution in [2.75, 3.05) is 13.2 Å². The van der Waals surface area contributed by atoms with E-state index in [1.54, 1.807) is 0 Å². The first-order chi connectivity index (χ1) is 41.0. The van der Waals surface area contributed by atoms with Gasteiger partial charge in [0.05, 0.1) is 0 Å². The summed E-state index contributed by atoms with van der Waals surface area (Å²) in [6.07, 6.45) is 91.7. The van der Waals surface area contributed by atoms with E-state index in [0.717, 1.165) is 89.9 Å². The summed E-state index contributed by atoms with van der Waals surface area (Å²) in [6, 6.07) is 0. The summed E-state index contributed by atoms with van der Waals surface area (Å²) < 4.78 is 17.0. The van der Waals surface area contributed by atoms with Crippen LogP contribution in [0, 0.1) is 0 Å². The summed E-state index contributed by atoms with van der Waals surface area (Å²) in [7, 11) is 0. The first-order valence-corrected chi connectivity index (χ1v) is 37.1. The van der Waals surface area contributed by atoms with Crippen molar-refractivity contribution in [3.63, 3.8) is 0 Å². The van der Waals surface area contributed by atoms with Crippen molar-refractivity contribution in [3.05, 3.63) is 48.6 Å². The van der Waals surface area contributed by atoms with Gasteiger partial charge in [0.25, 0.3) is 0 Å². The molecule has 0 heterocycles. The average molecular weight is 1160 g/mol. The molecule has 0 N–H and O–H groups in total. The third-order valence-corrected chi connectivity index (χ3v) is 16.8. The Bertz CT molecular complexity index is 1430. The molecule has 0 aliphatic heterocycles. The second-order valence-electron chi connectivity index (χ2n) is 25.2. The van der Waals surface area contributed by atoms with E-state index in [1.165, 1.54) is 276 Å². The highest BCUT2D eigenvalue weighted by atomic mass is 16.6. The van der Waals surface area contributed by atoms with Crippen molar-refractivity contribution in [3.8, 4) is 0 Å². The van der Waals surface area contributed by atoms with E-state index in [-0.39, 0.29) is 31.1 Å². The second-order valence-corrected chi connectivity index (χ2v) is 25.2. The minimum absolute atomic E-state index is 0.0773. The number of allylic oxidation sites excluding steroid dienone is 8. The molecule has 6 nitrogen and oxygen atoms in total. The molecule has 0 fully saturated rings. The maximum atomic E-state index is 12.9. The van der Waals surface area contributed by atoms with Crippen molar-refractivity contribution < 1.29 is 28.6 Å². The molecule has 0 aliphatic rings. The highest BCUT2D eigenvalue weighted by Crippen LogP contribution is 2.19. The first-order valence-electron chi connectivity index (χ1n) is 37.1. The van der Waals surface area contributed by atoms with Crippen LogP contribution in [0.3, 0.4) is 0 Å². The van der Waals surface area contributed by atoms with E-state index in [9.17, 15) is 14.4 Å². The second kappa shape index (κ2) is 71.8. The van der Waals surface area contributed by atoms with Gasteiger partial charge < -0.3 is 14.2 Å². The van der Waals surface area contributed by atoms with Crippen molar-refractivity contribution in [2.45, 2.75) is 412 Å². The fraction of sp³-hybridized carbons (Fsp3) is 0.857. The summed E-state index contributed by atoms with van der Waals surface area (Å²) >= 11 is 0. The zero-order valence-electron chi connectivity index (χ0n) is 56.0. The van der Waals surface area contributed by atoms with Crippen molar-refractivity contribution in [2.24, 2.45) is 0 Å². The first kappa shape index (κ1) is 80.4. The molecule has 0 spiro atoms. The lowest BCUT2D eigenvalue weighted by molar-refractivity contribution is -0.167. The van der Waals surface area contributed by atoms with E-state index in [2.05, 4.69) is 69.4 Å². The number of hydrogen-bond donors (Lipinski definition) is 0. The summed E-state index contributed by atoms with van der Waals surface area (Å²) in [5, 5.41) is 0. The molecule has 0 saturated carbocycles. The predicted octanol–water partition coefficient (Wildman–Crippen LogP) is 25.7. The van der Waals surface area contributed by atoms with Crippen molar-refractivity contribution in [1.82, 2.24) is 0 Å². The summed E-state index contributed by atoms with van der Waals surface area (Å²) in [4.78, 5) is 38.4. The van der Waals surface area contributed by atoms with Gasteiger partial charge in [-0.05, 0) is 77.0 Å². The van der Waals surface area contributed by atoms with E-state index in [4.69, 9.17) is 14.2 Å². The smallest absolute Gasteiger partial charge is 0.306 e. The lowest BCUT2D eigenvalue weighted by atomic mass is 10.0. The Balaban J connectivity index is 4.11. The van der Waals surface area contributed by atoms with Gasteiger partial charge in [0.2, 0.25) is 0 Å². The van der Waals surface area contributed by atoms with Crippen LogP contribution in [0.15, 0.2) is 48.6 Å². The van der Waals surface area contributed by atoms with E-state index < -0.39 is 6.10 Å². The molecule has 0 bridgehead atoms. The largest absolute Gasteiger partial charge is 0.462 e. The molecule has 0 amide bonds. The summed E-state index contributed by atoms with van der Waals surface area (Å²) in [5.41, 5.74) is 0. The molecule has 6 heteroatoms. The molecule has 1 unspecified atom stereocenters. The van der Waals surface area contributed by atoms with E-state index in [1.807, 2.05) is 0 Å². The number of carbonyl (C=O) groups is 3. The van der Waals surface area contributed by atoms with Gasteiger partial charge in [-0.2, -0.15) is 0 Å². The number of esters is 3. The van der Waals surface area contributed by atoms with Crippen LogP contribution in [-0.4, -0.2) is 37.2 Å². The van der Waals surface area contributed by atoms with Gasteiger partial charge in [-0.25, -0.2) is 0 Å². The number of hydrogen-bond acceptors (Lipinski definition) is 6. The zero-order chi connectivity index (χ0) is 59.9. The maximum absolute atomic E-state index is 12.9. The quantitative estimate of drug-likeness (QED) is 0.0261. The topological polar surface area (TPSA) is 78.9 Å². The average Bonchev–Trinajstić information content (AvgIpc) is 3.50. The van der Waals surface area contributed by atoms with Crippen molar-refractivity contribution >= 4 is 17.9 Å². The standard InChI is InChI=1S/C77H142O6/c1-4-7-10-13-16-19-22-25-28-30-31-32-33-34-35-36-37-38-39-40-41-42-43-44-45-46-48-49-52-55-58-61-64-67-70-76(79)82-73-74(72-81-75(78)69-66-63-60-57-54-51-27-24-21-18-15-12-9-6-3)83-77(80)71-68-65-62-59-56-53-50-47-29-26-23-20-17-14-11-8-5-2/h15,17-18,20,24,26-27,29,74H,4-14,16,19,21-23,25,28,30-73H2,1-3H3/b18-15-,20-17-,27-24-,29-26-. The molecule has 0 aromatic heterocycles. The third kappa shape index (κ3) is 70.0. The van der Waals surface area contributed by atoms with Gasteiger partial charge in [0.15, 0.2) is 6.10 Å². The van der Waals surface area contributed by atoms with Crippen LogP contribution in [0.4, 0.5) is 0 Å². The molecule has 0 aliphatic carbocycles. The molecule has 0 radical (unpaired) electrons. The highest BCUT2D eigenvalue weighted by molar-refractivity contribution is 5.71. The molecule has 0 aromatic carbocycles. The van der Waals surface area contributed by atoms with Gasteiger partial charge in [-0.3, -0.25) is 14.4 Å². The third-order valence-electron chi connectivity index (χ3n) is 16.8. The van der Waals surface area contributed by atoms with Gasteiger partial charge in [-0.1, -0.05) is 358 Å². The Morgan fingerprint density at radius 2 is 0.446 bits per heavy atom. The maximum Gasteiger partial charge on any atom is 0.306 e. The van der Waals surface area contributed by atoms with Gasteiger partial charge in [0.1, 0.15) is 13.2 Å². The lowest BCUT2D eigenvalue weighted by Crippen LogP contribution is -2.30. The Labute approximate surface area is 518 Å². The molecule has 0 rings (SSSR count). The fourth-order valence-corrected chi connectivity index (χ4v) is 11.2. The van der Waals surface area contributed by atoms with Crippen LogP contribution in [0.1, 0.15) is 406 Å². The van der Waals surface area contributed by atoms with Crippen LogP contribution >= 0.6 is 0 Å². The van der Waals surface area contributed by atoms with Crippen LogP contribution in [0.25, 0.3) is 0 Å². The van der Waals surface area contributed by atoms with Gasteiger partial charge >= 0.3 is 17.9 Å². The minimum atomic E-state index is -0.783. The Morgan fingerprint density at radius 1 is 0.241 bits per heavy atom. The van der Waals surface area contributed by atoms with E-state index in [0.29, 0.717) is 19.3 Å². The number of carbonyl (C=O) groups excluding carboxylic acids is 3. The minimum Gasteiger partial charge on any atom is -0.462 e. The van der Waals surface area contributed by atoms with Crippen LogP contribution in [-0.2, 0) is 28.6 Å². The van der Waals surface area contributed by atoms with Gasteiger partial charge in [0, 0.05) is 19.3 Å². The predicted molar refractivity (Wildman–Crippen MR) is 362 cm³/mol. The number of rotatable bonds is 69. The molecule has 0 saturated heterocycles. The monoisotopic (exact) mass is 1160 g/mol. The Hall–Kier alpha value is -2.63. The molecule has 1 atom stereocenters. The SMILES string of the molecule is CCCC/C=C\C/C=C\CCCCCCCC(=O)OCC(COC(=O)CCCCCCCCCCCCCCCCCCCCCCCCCCCCCCCCCCCC)OC(=O)CCCCCCCCC/C=C\C/C=C\CCCCC. The molecular formula is C77H142O6. The fourth-order valence-electron chi connectivity index (χ4n) is 11.2. The lowest BCUT2D eigenvalue weighted by Gasteiger charge is -2.18. The number of ether oxygens (including phenoxy) is 3. The van der Waals surface area contributed by atoms with Crippen LogP contribution in [0.5, 0.6) is 0 Å². The normalized spacial score (nSPS) is 12.3. The zero-order valence-corrected chi connectivity index (χ0v) is 56.0. The van der Waals surface area contributed by atoms with Crippen LogP contribution < -0.4 is 0 Å². The number of unbranched alkanes of at least 4 members (excludes halogenated alkanes) is 50. The molecule has 486 valence electrons. The molecule has 0 aromatic rings. The Kier molecular flexibility index (Phi) is 69.6.